The highest BCUT2D eigenvalue weighted by molar-refractivity contribution is 6.30. The number of hydrogen-bond acceptors (Lipinski definition) is 3. The first kappa shape index (κ1) is 15.3. The Morgan fingerprint density at radius 1 is 1.29 bits per heavy atom. The number of non-ortho nitro benzene ring substituents is 1. The third-order valence-corrected chi connectivity index (χ3v) is 3.64. The molecule has 0 heterocycles. The van der Waals surface area contributed by atoms with E-state index < -0.39 is 0 Å². The molecular formula is C16H17ClN2O2. The molecule has 1 N–H and O–H groups in total. The van der Waals surface area contributed by atoms with Gasteiger partial charge in [-0.25, -0.2) is 0 Å². The Labute approximate surface area is 128 Å². The van der Waals surface area contributed by atoms with Crippen LogP contribution in [0.1, 0.15) is 30.5 Å². The molecule has 0 spiro atoms. The van der Waals surface area contributed by atoms with E-state index in [1.165, 1.54) is 6.07 Å². The van der Waals surface area contributed by atoms with Gasteiger partial charge in [-0.2, -0.15) is 0 Å². The molecule has 0 aliphatic rings. The van der Waals surface area contributed by atoms with Gasteiger partial charge in [-0.05, 0) is 42.7 Å². The van der Waals surface area contributed by atoms with Crippen molar-refractivity contribution in [3.8, 4) is 0 Å². The summed E-state index contributed by atoms with van der Waals surface area (Å²) >= 11 is 5.96. The zero-order valence-electron chi connectivity index (χ0n) is 12.0. The maximum Gasteiger partial charge on any atom is 0.269 e. The average molecular weight is 305 g/mol. The van der Waals surface area contributed by atoms with Gasteiger partial charge in [0.15, 0.2) is 0 Å². The molecule has 110 valence electrons. The molecule has 0 bridgehead atoms. The highest BCUT2D eigenvalue weighted by Gasteiger charge is 2.14. The fourth-order valence-corrected chi connectivity index (χ4v) is 2.48. The van der Waals surface area contributed by atoms with Gasteiger partial charge in [0, 0.05) is 22.8 Å². The Morgan fingerprint density at radius 3 is 2.67 bits per heavy atom. The third kappa shape index (κ3) is 3.73. The summed E-state index contributed by atoms with van der Waals surface area (Å²) in [6.45, 7) is 4.02. The van der Waals surface area contributed by atoms with Gasteiger partial charge in [-0.3, -0.25) is 10.1 Å². The molecular weight excluding hydrogens is 288 g/mol. The zero-order chi connectivity index (χ0) is 15.4. The number of nitrogens with zero attached hydrogens (tertiary/aromatic N) is 1. The van der Waals surface area contributed by atoms with Crippen LogP contribution in [0.3, 0.4) is 0 Å². The van der Waals surface area contributed by atoms with E-state index in [1.807, 2.05) is 38.1 Å². The molecule has 0 fully saturated rings. The Morgan fingerprint density at radius 2 is 2.05 bits per heavy atom. The fourth-order valence-electron chi connectivity index (χ4n) is 2.25. The highest BCUT2D eigenvalue weighted by Crippen LogP contribution is 2.28. The minimum absolute atomic E-state index is 0.0183. The molecule has 2 aromatic rings. The lowest BCUT2D eigenvalue weighted by atomic mass is 10.0. The first-order valence-electron chi connectivity index (χ1n) is 6.78. The minimum Gasteiger partial charge on any atom is -0.378 e. The molecule has 5 heteroatoms. The van der Waals surface area contributed by atoms with Crippen molar-refractivity contribution < 1.29 is 4.92 Å². The van der Waals surface area contributed by atoms with E-state index in [2.05, 4.69) is 5.32 Å². The van der Waals surface area contributed by atoms with E-state index in [0.29, 0.717) is 5.02 Å². The summed E-state index contributed by atoms with van der Waals surface area (Å²) in [6.07, 6.45) is 0.823. The van der Waals surface area contributed by atoms with Gasteiger partial charge < -0.3 is 5.32 Å². The summed E-state index contributed by atoms with van der Waals surface area (Å²) in [6, 6.07) is 12.4. The predicted octanol–water partition coefficient (Wildman–Crippen LogP) is 5.12. The first-order valence-corrected chi connectivity index (χ1v) is 7.16. The number of nitro benzene ring substituents is 1. The molecule has 21 heavy (non-hydrogen) atoms. The minimum atomic E-state index is -0.371. The van der Waals surface area contributed by atoms with Crippen molar-refractivity contribution >= 4 is 23.0 Å². The van der Waals surface area contributed by atoms with Crippen molar-refractivity contribution in [2.24, 2.45) is 0 Å². The number of halogens is 1. The van der Waals surface area contributed by atoms with Crippen molar-refractivity contribution in [3.63, 3.8) is 0 Å². The van der Waals surface area contributed by atoms with Crippen LogP contribution in [0.2, 0.25) is 5.02 Å². The van der Waals surface area contributed by atoms with E-state index in [-0.39, 0.29) is 16.7 Å². The second-order valence-electron chi connectivity index (χ2n) is 4.92. The lowest BCUT2D eigenvalue weighted by Gasteiger charge is -2.20. The summed E-state index contributed by atoms with van der Waals surface area (Å²) in [7, 11) is 0. The molecule has 2 aromatic carbocycles. The lowest BCUT2D eigenvalue weighted by molar-refractivity contribution is -0.384. The van der Waals surface area contributed by atoms with E-state index in [4.69, 9.17) is 11.6 Å². The van der Waals surface area contributed by atoms with Gasteiger partial charge in [-0.15, -0.1) is 0 Å². The van der Waals surface area contributed by atoms with E-state index >= 15 is 0 Å². The second kappa shape index (κ2) is 6.59. The van der Waals surface area contributed by atoms with Gasteiger partial charge in [0.2, 0.25) is 0 Å². The van der Waals surface area contributed by atoms with Crippen LogP contribution in [0.15, 0.2) is 42.5 Å². The second-order valence-corrected chi connectivity index (χ2v) is 5.35. The van der Waals surface area contributed by atoms with Crippen LogP contribution in [0.5, 0.6) is 0 Å². The van der Waals surface area contributed by atoms with Crippen molar-refractivity contribution in [1.29, 1.82) is 0 Å². The molecule has 1 atom stereocenters. The van der Waals surface area contributed by atoms with Gasteiger partial charge in [0.1, 0.15) is 0 Å². The molecule has 0 saturated heterocycles. The number of nitro groups is 1. The predicted molar refractivity (Wildman–Crippen MR) is 85.9 cm³/mol. The molecule has 0 aliphatic heterocycles. The average Bonchev–Trinajstić information content (AvgIpc) is 2.46. The highest BCUT2D eigenvalue weighted by atomic mass is 35.5. The Balaban J connectivity index is 2.27. The van der Waals surface area contributed by atoms with Gasteiger partial charge in [0.25, 0.3) is 5.69 Å². The van der Waals surface area contributed by atoms with E-state index in [9.17, 15) is 10.1 Å². The summed E-state index contributed by atoms with van der Waals surface area (Å²) in [5.41, 5.74) is 3.05. The van der Waals surface area contributed by atoms with Crippen molar-refractivity contribution in [2.45, 2.75) is 26.3 Å². The molecule has 0 radical (unpaired) electrons. The summed E-state index contributed by atoms with van der Waals surface area (Å²) in [5, 5.41) is 15.0. The Hall–Kier alpha value is -2.07. The molecule has 0 saturated carbocycles. The summed E-state index contributed by atoms with van der Waals surface area (Å²) < 4.78 is 0. The van der Waals surface area contributed by atoms with Gasteiger partial charge >= 0.3 is 0 Å². The van der Waals surface area contributed by atoms with Gasteiger partial charge in [-0.1, -0.05) is 30.7 Å². The van der Waals surface area contributed by atoms with E-state index in [1.54, 1.807) is 12.1 Å². The standard InChI is InChI=1S/C16H17ClN2O2/c1-3-15(12-5-4-6-14(10-12)19(20)21)18-16-8-7-13(17)9-11(16)2/h4-10,15,18H,3H2,1-2H3. The first-order chi connectivity index (χ1) is 10.0. The van der Waals surface area contributed by atoms with E-state index in [0.717, 1.165) is 23.2 Å². The summed E-state index contributed by atoms with van der Waals surface area (Å²) in [5.74, 6) is 0. The zero-order valence-corrected chi connectivity index (χ0v) is 12.7. The van der Waals surface area contributed by atoms with Crippen LogP contribution in [0.4, 0.5) is 11.4 Å². The van der Waals surface area contributed by atoms with Crippen molar-refractivity contribution in [3.05, 3.63) is 68.7 Å². The number of rotatable bonds is 5. The fraction of sp³-hybridized carbons (Fsp3) is 0.250. The number of benzene rings is 2. The normalized spacial score (nSPS) is 12.0. The summed E-state index contributed by atoms with van der Waals surface area (Å²) in [4.78, 5) is 10.5. The number of aryl methyl sites for hydroxylation is 1. The van der Waals surface area contributed by atoms with Crippen LogP contribution in [0, 0.1) is 17.0 Å². The van der Waals surface area contributed by atoms with Gasteiger partial charge in [0.05, 0.1) is 11.0 Å². The number of hydrogen-bond donors (Lipinski definition) is 1. The largest absolute Gasteiger partial charge is 0.378 e. The number of anilines is 1. The lowest BCUT2D eigenvalue weighted by Crippen LogP contribution is -2.10. The van der Waals surface area contributed by atoms with Crippen LogP contribution in [-0.4, -0.2) is 4.92 Å². The van der Waals surface area contributed by atoms with Crippen molar-refractivity contribution in [2.75, 3.05) is 5.32 Å². The third-order valence-electron chi connectivity index (χ3n) is 3.41. The van der Waals surface area contributed by atoms with Crippen LogP contribution >= 0.6 is 11.6 Å². The van der Waals surface area contributed by atoms with Crippen molar-refractivity contribution in [1.82, 2.24) is 0 Å². The maximum atomic E-state index is 10.9. The van der Waals surface area contributed by atoms with Crippen LogP contribution in [-0.2, 0) is 0 Å². The molecule has 0 aromatic heterocycles. The topological polar surface area (TPSA) is 55.2 Å². The smallest absolute Gasteiger partial charge is 0.269 e. The monoisotopic (exact) mass is 304 g/mol. The molecule has 0 amide bonds. The quantitative estimate of drug-likeness (QED) is 0.616. The number of nitrogens with one attached hydrogen (secondary N) is 1. The molecule has 0 aliphatic carbocycles. The Kier molecular flexibility index (Phi) is 4.81. The SMILES string of the molecule is CCC(Nc1ccc(Cl)cc1C)c1cccc([N+](=O)[O-])c1. The Bertz CT molecular complexity index is 658. The molecule has 4 nitrogen and oxygen atoms in total. The molecule has 1 unspecified atom stereocenters. The molecule has 2 rings (SSSR count). The van der Waals surface area contributed by atoms with Crippen LogP contribution < -0.4 is 5.32 Å². The maximum absolute atomic E-state index is 10.9. The van der Waals surface area contributed by atoms with Crippen LogP contribution in [0.25, 0.3) is 0 Å².